The first-order valence-electron chi connectivity index (χ1n) is 8.69. The van der Waals surface area contributed by atoms with Crippen molar-refractivity contribution < 1.29 is 4.79 Å². The molecule has 1 aromatic rings. The molecule has 1 amide bonds. The molecule has 2 heterocycles. The zero-order valence-electron chi connectivity index (χ0n) is 14.0. The van der Waals surface area contributed by atoms with Gasteiger partial charge in [0.25, 0.3) is 0 Å². The Labute approximate surface area is 139 Å². The topological polar surface area (TPSA) is 23.6 Å². The van der Waals surface area contributed by atoms with Gasteiger partial charge in [-0.1, -0.05) is 30.2 Å². The highest BCUT2D eigenvalue weighted by molar-refractivity contribution is 5.79. The van der Waals surface area contributed by atoms with E-state index in [0.717, 1.165) is 45.4 Å². The zero-order valence-corrected chi connectivity index (χ0v) is 14.0. The van der Waals surface area contributed by atoms with Crippen LogP contribution in [0.5, 0.6) is 0 Å². The van der Waals surface area contributed by atoms with Crippen molar-refractivity contribution in [3.8, 4) is 12.3 Å². The Balaban J connectivity index is 1.56. The third kappa shape index (κ3) is 3.59. The number of nitrogens with zero attached hydrogens (tertiary/aromatic N) is 2. The van der Waals surface area contributed by atoms with Gasteiger partial charge in [0.15, 0.2) is 0 Å². The molecule has 2 fully saturated rings. The van der Waals surface area contributed by atoms with Crippen LogP contribution in [0.1, 0.15) is 36.3 Å². The van der Waals surface area contributed by atoms with E-state index in [2.05, 4.69) is 46.9 Å². The van der Waals surface area contributed by atoms with Gasteiger partial charge in [0.1, 0.15) is 0 Å². The average Bonchev–Trinajstić information content (AvgIpc) is 3.05. The first-order valence-corrected chi connectivity index (χ1v) is 8.69. The maximum atomic E-state index is 12.8. The summed E-state index contributed by atoms with van der Waals surface area (Å²) in [6, 6.07) is 8.57. The van der Waals surface area contributed by atoms with E-state index in [1.54, 1.807) is 0 Å². The lowest BCUT2D eigenvalue weighted by Crippen LogP contribution is -2.41. The van der Waals surface area contributed by atoms with Gasteiger partial charge in [-0.3, -0.25) is 9.69 Å². The maximum Gasteiger partial charge on any atom is 0.225 e. The molecular formula is C20H26N2O. The van der Waals surface area contributed by atoms with Crippen LogP contribution in [0.2, 0.25) is 0 Å². The lowest BCUT2D eigenvalue weighted by Gasteiger charge is -2.32. The number of terminal acetylenes is 1. The Morgan fingerprint density at radius 1 is 1.22 bits per heavy atom. The summed E-state index contributed by atoms with van der Waals surface area (Å²) in [5, 5.41) is 0. The minimum Gasteiger partial charge on any atom is -0.342 e. The number of carbonyl (C=O) groups is 1. The number of likely N-dealkylation sites (tertiary alicyclic amines) is 2. The van der Waals surface area contributed by atoms with Crippen molar-refractivity contribution >= 4 is 5.91 Å². The van der Waals surface area contributed by atoms with E-state index in [1.165, 1.54) is 11.1 Å². The van der Waals surface area contributed by atoms with Crippen molar-refractivity contribution in [2.45, 2.75) is 32.1 Å². The summed E-state index contributed by atoms with van der Waals surface area (Å²) in [7, 11) is 0. The quantitative estimate of drug-likeness (QED) is 0.801. The lowest BCUT2D eigenvalue weighted by molar-refractivity contribution is -0.135. The summed E-state index contributed by atoms with van der Waals surface area (Å²) in [4.78, 5) is 17.2. The van der Waals surface area contributed by atoms with Gasteiger partial charge in [-0.15, -0.1) is 6.42 Å². The Bertz CT molecular complexity index is 596. The first-order chi connectivity index (χ1) is 11.2. The second-order valence-electron chi connectivity index (χ2n) is 6.88. The highest BCUT2D eigenvalue weighted by atomic mass is 16.2. The van der Waals surface area contributed by atoms with Gasteiger partial charge in [-0.2, -0.15) is 0 Å². The van der Waals surface area contributed by atoms with Crippen LogP contribution in [0.25, 0.3) is 0 Å². The highest BCUT2D eigenvalue weighted by Gasteiger charge is 2.33. The van der Waals surface area contributed by atoms with Crippen molar-refractivity contribution in [2.24, 2.45) is 5.92 Å². The smallest absolute Gasteiger partial charge is 0.225 e. The van der Waals surface area contributed by atoms with Gasteiger partial charge in [0, 0.05) is 24.9 Å². The Hall–Kier alpha value is -1.79. The van der Waals surface area contributed by atoms with Crippen molar-refractivity contribution in [1.29, 1.82) is 0 Å². The maximum absolute atomic E-state index is 12.8. The van der Waals surface area contributed by atoms with Crippen LogP contribution in [-0.2, 0) is 4.79 Å². The van der Waals surface area contributed by atoms with Crippen LogP contribution in [-0.4, -0.2) is 48.4 Å². The summed E-state index contributed by atoms with van der Waals surface area (Å²) < 4.78 is 0. The molecule has 0 spiro atoms. The molecule has 0 N–H and O–H groups in total. The number of amides is 1. The third-order valence-corrected chi connectivity index (χ3v) is 5.38. The number of carbonyl (C=O) groups excluding carboxylic acids is 1. The fourth-order valence-corrected chi connectivity index (χ4v) is 3.98. The normalized spacial score (nSPS) is 23.0. The van der Waals surface area contributed by atoms with Gasteiger partial charge in [0.2, 0.25) is 5.91 Å². The van der Waals surface area contributed by atoms with Crippen LogP contribution in [0.3, 0.4) is 0 Å². The van der Waals surface area contributed by atoms with E-state index < -0.39 is 0 Å². The Morgan fingerprint density at radius 3 is 2.65 bits per heavy atom. The standard InChI is InChI=1S/C20H26N2O/c1-3-11-21-12-8-17(9-13-21)20(23)22-14-10-18(15-22)19-7-5-4-6-16(19)2/h1,4-7,17-18H,8-15H2,2H3/t18-/m1/s1. The fraction of sp³-hybridized carbons (Fsp3) is 0.550. The summed E-state index contributed by atoms with van der Waals surface area (Å²) in [5.41, 5.74) is 2.75. The summed E-state index contributed by atoms with van der Waals surface area (Å²) in [6.07, 6.45) is 8.36. The van der Waals surface area contributed by atoms with Gasteiger partial charge >= 0.3 is 0 Å². The molecule has 2 saturated heterocycles. The van der Waals surface area contributed by atoms with E-state index in [-0.39, 0.29) is 5.92 Å². The molecule has 0 aliphatic carbocycles. The molecule has 2 aliphatic heterocycles. The average molecular weight is 310 g/mol. The molecule has 0 bridgehead atoms. The SMILES string of the molecule is C#CCN1CCC(C(=O)N2CC[C@@H](c3ccccc3C)C2)CC1. The lowest BCUT2D eigenvalue weighted by atomic mass is 9.94. The van der Waals surface area contributed by atoms with Gasteiger partial charge < -0.3 is 4.90 Å². The molecule has 23 heavy (non-hydrogen) atoms. The summed E-state index contributed by atoms with van der Waals surface area (Å²) in [5.74, 6) is 3.75. The molecular weight excluding hydrogens is 284 g/mol. The number of hydrogen-bond acceptors (Lipinski definition) is 2. The second-order valence-corrected chi connectivity index (χ2v) is 6.88. The molecule has 1 atom stereocenters. The summed E-state index contributed by atoms with van der Waals surface area (Å²) in [6.45, 7) is 6.57. The van der Waals surface area contributed by atoms with Gasteiger partial charge in [0.05, 0.1) is 6.54 Å². The zero-order chi connectivity index (χ0) is 16.2. The third-order valence-electron chi connectivity index (χ3n) is 5.38. The molecule has 3 rings (SSSR count). The van der Waals surface area contributed by atoms with Crippen LogP contribution < -0.4 is 0 Å². The van der Waals surface area contributed by atoms with Crippen LogP contribution in [0, 0.1) is 25.2 Å². The molecule has 3 nitrogen and oxygen atoms in total. The molecule has 0 saturated carbocycles. The van der Waals surface area contributed by atoms with Crippen molar-refractivity contribution in [2.75, 3.05) is 32.7 Å². The van der Waals surface area contributed by atoms with E-state index in [1.807, 2.05) is 0 Å². The summed E-state index contributed by atoms with van der Waals surface area (Å²) >= 11 is 0. The van der Waals surface area contributed by atoms with Crippen LogP contribution in [0.15, 0.2) is 24.3 Å². The Kier molecular flexibility index (Phi) is 5.03. The predicted octanol–water partition coefficient (Wildman–Crippen LogP) is 2.66. The molecule has 1 aromatic carbocycles. The minimum atomic E-state index is 0.194. The van der Waals surface area contributed by atoms with Gasteiger partial charge in [-0.25, -0.2) is 0 Å². The monoisotopic (exact) mass is 310 g/mol. The highest BCUT2D eigenvalue weighted by Crippen LogP contribution is 2.31. The molecule has 0 unspecified atom stereocenters. The molecule has 122 valence electrons. The molecule has 0 aromatic heterocycles. The van der Waals surface area contributed by atoms with Crippen molar-refractivity contribution in [3.63, 3.8) is 0 Å². The number of rotatable bonds is 3. The number of benzene rings is 1. The number of aryl methyl sites for hydroxylation is 1. The largest absolute Gasteiger partial charge is 0.342 e. The van der Waals surface area contributed by atoms with E-state index in [0.29, 0.717) is 18.4 Å². The van der Waals surface area contributed by atoms with Crippen molar-refractivity contribution in [3.05, 3.63) is 35.4 Å². The van der Waals surface area contributed by atoms with E-state index >= 15 is 0 Å². The van der Waals surface area contributed by atoms with Crippen LogP contribution >= 0.6 is 0 Å². The minimum absolute atomic E-state index is 0.194. The Morgan fingerprint density at radius 2 is 1.96 bits per heavy atom. The van der Waals surface area contributed by atoms with E-state index in [9.17, 15) is 4.79 Å². The fourth-order valence-electron chi connectivity index (χ4n) is 3.98. The van der Waals surface area contributed by atoms with Crippen molar-refractivity contribution in [1.82, 2.24) is 9.80 Å². The molecule has 0 radical (unpaired) electrons. The second kappa shape index (κ2) is 7.19. The number of hydrogen-bond donors (Lipinski definition) is 0. The number of piperidine rings is 1. The molecule has 3 heteroatoms. The van der Waals surface area contributed by atoms with Crippen LogP contribution in [0.4, 0.5) is 0 Å². The van der Waals surface area contributed by atoms with Gasteiger partial charge in [-0.05, 0) is 50.4 Å². The first kappa shape index (κ1) is 16.1. The predicted molar refractivity (Wildman–Crippen MR) is 93.1 cm³/mol. The van der Waals surface area contributed by atoms with E-state index in [4.69, 9.17) is 6.42 Å². The molecule has 2 aliphatic rings.